The molecule has 1 aromatic rings. The molecule has 0 atom stereocenters. The Kier molecular flexibility index (Phi) is 3.66. The van der Waals surface area contributed by atoms with E-state index in [-0.39, 0.29) is 5.41 Å². The molecule has 1 rings (SSSR count). The van der Waals surface area contributed by atoms with Gasteiger partial charge in [0.05, 0.1) is 5.56 Å². The first-order valence-electron chi connectivity index (χ1n) is 5.45. The van der Waals surface area contributed by atoms with Crippen molar-refractivity contribution in [3.63, 3.8) is 0 Å². The maximum atomic E-state index is 12.4. The van der Waals surface area contributed by atoms with E-state index in [1.165, 1.54) is 0 Å². The first-order valence-corrected chi connectivity index (χ1v) is 5.45. The third-order valence-electron chi connectivity index (χ3n) is 2.87. The van der Waals surface area contributed by atoms with Crippen LogP contribution >= 0.6 is 0 Å². The third-order valence-corrected chi connectivity index (χ3v) is 2.87. The Hall–Kier alpha value is -0.990. The lowest BCUT2D eigenvalue weighted by atomic mass is 9.80. The molecule has 0 saturated heterocycles. The van der Waals surface area contributed by atoms with Crippen LogP contribution in [0.15, 0.2) is 24.3 Å². The van der Waals surface area contributed by atoms with Crippen molar-refractivity contribution in [1.82, 2.24) is 0 Å². The number of rotatable bonds is 3. The highest BCUT2D eigenvalue weighted by atomic mass is 19.4. The quantitative estimate of drug-likeness (QED) is 0.700. The van der Waals surface area contributed by atoms with Gasteiger partial charge in [-0.05, 0) is 29.5 Å². The Balaban J connectivity index is 2.95. The van der Waals surface area contributed by atoms with Crippen LogP contribution in [0, 0.1) is 0 Å². The Morgan fingerprint density at radius 2 is 1.38 bits per heavy atom. The predicted octanol–water partition coefficient (Wildman–Crippen LogP) is 4.78. The van der Waals surface area contributed by atoms with E-state index in [1.807, 2.05) is 0 Å². The predicted molar refractivity (Wildman–Crippen MR) is 59.4 cm³/mol. The molecule has 0 amide bonds. The zero-order chi connectivity index (χ0) is 12.4. The molecule has 3 heteroatoms. The standard InChI is InChI=1S/C13H17F3/c1-4-9-12(2,3)10-5-7-11(8-6-10)13(14,15)16/h5-8H,4,9H2,1-3H3. The first-order chi connectivity index (χ1) is 7.27. The summed E-state index contributed by atoms with van der Waals surface area (Å²) in [7, 11) is 0. The van der Waals surface area contributed by atoms with E-state index < -0.39 is 11.7 Å². The van der Waals surface area contributed by atoms with Gasteiger partial charge in [0.15, 0.2) is 0 Å². The molecule has 0 bridgehead atoms. The summed E-state index contributed by atoms with van der Waals surface area (Å²) in [6.07, 6.45) is -2.25. The highest BCUT2D eigenvalue weighted by Gasteiger charge is 2.30. The van der Waals surface area contributed by atoms with Crippen LogP contribution < -0.4 is 0 Å². The highest BCUT2D eigenvalue weighted by Crippen LogP contribution is 2.33. The average Bonchev–Trinajstić information content (AvgIpc) is 2.16. The minimum Gasteiger partial charge on any atom is -0.166 e. The van der Waals surface area contributed by atoms with Gasteiger partial charge in [0, 0.05) is 0 Å². The number of halogens is 3. The van der Waals surface area contributed by atoms with Gasteiger partial charge in [0.2, 0.25) is 0 Å². The Bertz CT molecular complexity index is 333. The second-order valence-corrected chi connectivity index (χ2v) is 4.71. The fourth-order valence-corrected chi connectivity index (χ4v) is 1.88. The summed E-state index contributed by atoms with van der Waals surface area (Å²) in [5.41, 5.74) is 0.324. The lowest BCUT2D eigenvalue weighted by Crippen LogP contribution is -2.17. The van der Waals surface area contributed by atoms with E-state index in [9.17, 15) is 13.2 Å². The molecule has 90 valence electrons. The van der Waals surface area contributed by atoms with E-state index in [0.29, 0.717) is 0 Å². The molecule has 0 fully saturated rings. The fraction of sp³-hybridized carbons (Fsp3) is 0.538. The number of alkyl halides is 3. The molecule has 0 aliphatic carbocycles. The van der Waals surface area contributed by atoms with Crippen molar-refractivity contribution in [3.05, 3.63) is 35.4 Å². The van der Waals surface area contributed by atoms with Gasteiger partial charge >= 0.3 is 6.18 Å². The van der Waals surface area contributed by atoms with Crippen LogP contribution in [-0.2, 0) is 11.6 Å². The van der Waals surface area contributed by atoms with E-state index >= 15 is 0 Å². The van der Waals surface area contributed by atoms with Gasteiger partial charge in [0.25, 0.3) is 0 Å². The number of hydrogen-bond acceptors (Lipinski definition) is 0. The fourth-order valence-electron chi connectivity index (χ4n) is 1.88. The van der Waals surface area contributed by atoms with Crippen molar-refractivity contribution >= 4 is 0 Å². The average molecular weight is 230 g/mol. The van der Waals surface area contributed by atoms with E-state index in [0.717, 1.165) is 30.5 Å². The minimum absolute atomic E-state index is 0.0567. The zero-order valence-electron chi connectivity index (χ0n) is 9.86. The molecule has 0 nitrogen and oxygen atoms in total. The molecule has 0 saturated carbocycles. The van der Waals surface area contributed by atoms with Crippen LogP contribution in [0.4, 0.5) is 13.2 Å². The number of hydrogen-bond donors (Lipinski definition) is 0. The normalized spacial score (nSPS) is 12.9. The maximum absolute atomic E-state index is 12.4. The van der Waals surface area contributed by atoms with Gasteiger partial charge in [-0.25, -0.2) is 0 Å². The third kappa shape index (κ3) is 3.00. The van der Waals surface area contributed by atoms with Crippen LogP contribution in [0.5, 0.6) is 0 Å². The Morgan fingerprint density at radius 3 is 1.75 bits per heavy atom. The monoisotopic (exact) mass is 230 g/mol. The van der Waals surface area contributed by atoms with Crippen LogP contribution in [-0.4, -0.2) is 0 Å². The smallest absolute Gasteiger partial charge is 0.166 e. The van der Waals surface area contributed by atoms with Crippen molar-refractivity contribution < 1.29 is 13.2 Å². The minimum atomic E-state index is -4.24. The summed E-state index contributed by atoms with van der Waals surface area (Å²) >= 11 is 0. The molecule has 0 aliphatic rings. The molecule has 0 heterocycles. The van der Waals surface area contributed by atoms with Crippen LogP contribution in [0.1, 0.15) is 44.7 Å². The summed E-state index contributed by atoms with van der Waals surface area (Å²) in [6, 6.07) is 5.48. The number of benzene rings is 1. The van der Waals surface area contributed by atoms with Gasteiger partial charge in [0.1, 0.15) is 0 Å². The Morgan fingerprint density at radius 1 is 0.938 bits per heavy atom. The highest BCUT2D eigenvalue weighted by molar-refractivity contribution is 5.29. The topological polar surface area (TPSA) is 0 Å². The summed E-state index contributed by atoms with van der Waals surface area (Å²) in [5.74, 6) is 0. The van der Waals surface area contributed by atoms with E-state index in [1.54, 1.807) is 12.1 Å². The Labute approximate surface area is 94.5 Å². The second-order valence-electron chi connectivity index (χ2n) is 4.71. The van der Waals surface area contributed by atoms with Crippen molar-refractivity contribution in [1.29, 1.82) is 0 Å². The molecule has 0 aliphatic heterocycles. The molecule has 0 unspecified atom stereocenters. The maximum Gasteiger partial charge on any atom is 0.416 e. The molecule has 0 N–H and O–H groups in total. The van der Waals surface area contributed by atoms with E-state index in [4.69, 9.17) is 0 Å². The van der Waals surface area contributed by atoms with Crippen LogP contribution in [0.25, 0.3) is 0 Å². The molecule has 0 spiro atoms. The van der Waals surface area contributed by atoms with Gasteiger partial charge in [-0.2, -0.15) is 13.2 Å². The SMILES string of the molecule is CCCC(C)(C)c1ccc(C(F)(F)F)cc1. The molecule has 1 aromatic carbocycles. The summed E-state index contributed by atoms with van der Waals surface area (Å²) in [6.45, 7) is 6.18. The van der Waals surface area contributed by atoms with Gasteiger partial charge in [-0.15, -0.1) is 0 Å². The summed E-state index contributed by atoms with van der Waals surface area (Å²) in [5, 5.41) is 0. The lowest BCUT2D eigenvalue weighted by Gasteiger charge is -2.25. The van der Waals surface area contributed by atoms with Gasteiger partial charge in [-0.3, -0.25) is 0 Å². The van der Waals surface area contributed by atoms with Crippen molar-refractivity contribution in [3.8, 4) is 0 Å². The largest absolute Gasteiger partial charge is 0.416 e. The molecule has 0 radical (unpaired) electrons. The van der Waals surface area contributed by atoms with Gasteiger partial charge < -0.3 is 0 Å². The molecular weight excluding hydrogens is 213 g/mol. The summed E-state index contributed by atoms with van der Waals surface area (Å²) < 4.78 is 37.1. The van der Waals surface area contributed by atoms with Crippen molar-refractivity contribution in [2.24, 2.45) is 0 Å². The molecular formula is C13H17F3. The van der Waals surface area contributed by atoms with E-state index in [2.05, 4.69) is 20.8 Å². The second kappa shape index (κ2) is 4.48. The zero-order valence-corrected chi connectivity index (χ0v) is 9.86. The van der Waals surface area contributed by atoms with Crippen molar-refractivity contribution in [2.45, 2.75) is 45.2 Å². The summed E-state index contributed by atoms with van der Waals surface area (Å²) in [4.78, 5) is 0. The van der Waals surface area contributed by atoms with Crippen molar-refractivity contribution in [2.75, 3.05) is 0 Å². The molecule has 0 aromatic heterocycles. The van der Waals surface area contributed by atoms with Crippen LogP contribution in [0.3, 0.4) is 0 Å². The lowest BCUT2D eigenvalue weighted by molar-refractivity contribution is -0.137. The molecule has 16 heavy (non-hydrogen) atoms. The van der Waals surface area contributed by atoms with Gasteiger partial charge in [-0.1, -0.05) is 39.3 Å². The van der Waals surface area contributed by atoms with Crippen LogP contribution in [0.2, 0.25) is 0 Å². The first kappa shape index (κ1) is 13.1.